The molecule has 0 saturated carbocycles. The highest BCUT2D eigenvalue weighted by Gasteiger charge is 2.31. The smallest absolute Gasteiger partial charge is 0.328 e. The van der Waals surface area contributed by atoms with E-state index in [-0.39, 0.29) is 5.56 Å². The molecule has 0 unspecified atom stereocenters. The topological polar surface area (TPSA) is 107 Å². The van der Waals surface area contributed by atoms with Crippen LogP contribution in [0.1, 0.15) is 24.2 Å². The predicted molar refractivity (Wildman–Crippen MR) is 59.0 cm³/mol. The number of carbonyl (C=O) groups is 2. The van der Waals surface area contributed by atoms with Gasteiger partial charge in [0.2, 0.25) is 0 Å². The summed E-state index contributed by atoms with van der Waals surface area (Å²) in [6.45, 7) is 2.59. The molecule has 0 aromatic heterocycles. The lowest BCUT2D eigenvalue weighted by Gasteiger charge is -2.21. The summed E-state index contributed by atoms with van der Waals surface area (Å²) in [6, 6.07) is 3.81. The molecule has 6 nitrogen and oxygen atoms in total. The first-order chi connectivity index (χ1) is 7.75. The van der Waals surface area contributed by atoms with Crippen LogP contribution in [0.2, 0.25) is 0 Å². The van der Waals surface area contributed by atoms with E-state index in [1.807, 2.05) is 0 Å². The van der Waals surface area contributed by atoms with Crippen molar-refractivity contribution in [3.63, 3.8) is 0 Å². The van der Waals surface area contributed by atoms with Crippen LogP contribution in [0, 0.1) is 0 Å². The molecule has 0 aliphatic rings. The zero-order valence-corrected chi connectivity index (χ0v) is 9.39. The van der Waals surface area contributed by atoms with E-state index in [2.05, 4.69) is 5.32 Å². The molecule has 0 spiro atoms. The molecule has 1 amide bonds. The van der Waals surface area contributed by atoms with Gasteiger partial charge in [-0.25, -0.2) is 4.79 Å². The molecule has 0 bridgehead atoms. The predicted octanol–water partition coefficient (Wildman–Crippen LogP) is 0.691. The van der Waals surface area contributed by atoms with Crippen molar-refractivity contribution in [3.8, 4) is 11.5 Å². The Hall–Kier alpha value is -2.24. The van der Waals surface area contributed by atoms with Gasteiger partial charge in [0, 0.05) is 0 Å². The van der Waals surface area contributed by atoms with E-state index in [1.54, 1.807) is 0 Å². The molecule has 1 rings (SSSR count). The van der Waals surface area contributed by atoms with Crippen molar-refractivity contribution in [2.75, 3.05) is 0 Å². The molecule has 92 valence electrons. The number of rotatable bonds is 3. The second-order valence-electron chi connectivity index (χ2n) is 4.06. The number of amides is 1. The third-order valence-electron chi connectivity index (χ3n) is 2.21. The van der Waals surface area contributed by atoms with Gasteiger partial charge in [-0.2, -0.15) is 0 Å². The minimum Gasteiger partial charge on any atom is -0.507 e. The van der Waals surface area contributed by atoms with Crippen molar-refractivity contribution in [2.24, 2.45) is 0 Å². The van der Waals surface area contributed by atoms with Gasteiger partial charge in [-0.3, -0.25) is 4.79 Å². The number of phenols is 2. The number of aliphatic carboxylic acids is 1. The van der Waals surface area contributed by atoms with Gasteiger partial charge in [-0.05, 0) is 26.0 Å². The van der Waals surface area contributed by atoms with E-state index in [9.17, 15) is 19.8 Å². The largest absolute Gasteiger partial charge is 0.507 e. The highest BCUT2D eigenvalue weighted by atomic mass is 16.4. The van der Waals surface area contributed by atoms with E-state index in [0.717, 1.165) is 0 Å². The van der Waals surface area contributed by atoms with Crippen LogP contribution >= 0.6 is 0 Å². The number of carboxylic acid groups (broad SMARTS) is 1. The normalized spacial score (nSPS) is 10.9. The summed E-state index contributed by atoms with van der Waals surface area (Å²) in [5.41, 5.74) is -1.84. The average molecular weight is 239 g/mol. The Kier molecular flexibility index (Phi) is 3.26. The highest BCUT2D eigenvalue weighted by molar-refractivity contribution is 6.01. The lowest BCUT2D eigenvalue weighted by Crippen LogP contribution is -2.49. The Labute approximate surface area is 97.5 Å². The van der Waals surface area contributed by atoms with Gasteiger partial charge < -0.3 is 20.6 Å². The van der Waals surface area contributed by atoms with Crippen LogP contribution in [0.3, 0.4) is 0 Å². The molecule has 17 heavy (non-hydrogen) atoms. The summed E-state index contributed by atoms with van der Waals surface area (Å²) in [5, 5.41) is 29.9. The molecule has 0 saturated heterocycles. The zero-order valence-electron chi connectivity index (χ0n) is 9.39. The van der Waals surface area contributed by atoms with Crippen LogP contribution < -0.4 is 5.32 Å². The zero-order chi connectivity index (χ0) is 13.2. The van der Waals surface area contributed by atoms with Crippen LogP contribution in [0.4, 0.5) is 0 Å². The van der Waals surface area contributed by atoms with E-state index in [4.69, 9.17) is 5.11 Å². The first kappa shape index (κ1) is 12.8. The average Bonchev–Trinajstić information content (AvgIpc) is 2.15. The fraction of sp³-hybridized carbons (Fsp3) is 0.273. The maximum absolute atomic E-state index is 11.7. The SMILES string of the molecule is CC(C)(NC(=O)c1c(O)cccc1O)C(=O)O. The first-order valence-corrected chi connectivity index (χ1v) is 4.82. The van der Waals surface area contributed by atoms with Gasteiger partial charge in [-0.1, -0.05) is 6.07 Å². The Balaban J connectivity index is 3.03. The number of hydrogen-bond donors (Lipinski definition) is 4. The van der Waals surface area contributed by atoms with Crippen molar-refractivity contribution >= 4 is 11.9 Å². The van der Waals surface area contributed by atoms with Crippen LogP contribution in [-0.4, -0.2) is 32.7 Å². The number of benzene rings is 1. The minimum absolute atomic E-state index is 0.346. The molecule has 0 radical (unpaired) electrons. The van der Waals surface area contributed by atoms with Gasteiger partial charge in [0.15, 0.2) is 0 Å². The van der Waals surface area contributed by atoms with Crippen molar-refractivity contribution in [2.45, 2.75) is 19.4 Å². The third-order valence-corrected chi connectivity index (χ3v) is 2.21. The summed E-state index contributed by atoms with van der Waals surface area (Å²) in [5.74, 6) is -2.90. The van der Waals surface area contributed by atoms with Gasteiger partial charge >= 0.3 is 5.97 Å². The van der Waals surface area contributed by atoms with E-state index < -0.39 is 28.9 Å². The Bertz CT molecular complexity index is 447. The van der Waals surface area contributed by atoms with Crippen LogP contribution in [0.15, 0.2) is 18.2 Å². The minimum atomic E-state index is -1.49. The number of nitrogens with one attached hydrogen (secondary N) is 1. The molecule has 0 aliphatic carbocycles. The lowest BCUT2D eigenvalue weighted by atomic mass is 10.0. The second kappa shape index (κ2) is 4.32. The summed E-state index contributed by atoms with van der Waals surface area (Å²) >= 11 is 0. The van der Waals surface area contributed by atoms with Crippen molar-refractivity contribution in [1.29, 1.82) is 0 Å². The molecular weight excluding hydrogens is 226 g/mol. The highest BCUT2D eigenvalue weighted by Crippen LogP contribution is 2.26. The maximum atomic E-state index is 11.7. The summed E-state index contributed by atoms with van der Waals surface area (Å²) in [6.07, 6.45) is 0. The quantitative estimate of drug-likeness (QED) is 0.620. The van der Waals surface area contributed by atoms with Crippen LogP contribution in [0.25, 0.3) is 0 Å². The molecular formula is C11H13NO5. The van der Waals surface area contributed by atoms with Gasteiger partial charge in [0.05, 0.1) is 0 Å². The first-order valence-electron chi connectivity index (χ1n) is 4.82. The fourth-order valence-corrected chi connectivity index (χ4v) is 1.16. The van der Waals surface area contributed by atoms with Gasteiger partial charge in [0.25, 0.3) is 5.91 Å². The molecule has 0 atom stereocenters. The number of hydrogen-bond acceptors (Lipinski definition) is 4. The third kappa shape index (κ3) is 2.66. The van der Waals surface area contributed by atoms with Crippen molar-refractivity contribution in [3.05, 3.63) is 23.8 Å². The van der Waals surface area contributed by atoms with E-state index in [1.165, 1.54) is 32.0 Å². The second-order valence-corrected chi connectivity index (χ2v) is 4.06. The summed E-state index contributed by atoms with van der Waals surface area (Å²) in [7, 11) is 0. The van der Waals surface area contributed by atoms with Crippen molar-refractivity contribution < 1.29 is 24.9 Å². The van der Waals surface area contributed by atoms with Crippen LogP contribution in [0.5, 0.6) is 11.5 Å². The lowest BCUT2D eigenvalue weighted by molar-refractivity contribution is -0.143. The summed E-state index contributed by atoms with van der Waals surface area (Å²) in [4.78, 5) is 22.5. The van der Waals surface area contributed by atoms with E-state index in [0.29, 0.717) is 0 Å². The fourth-order valence-electron chi connectivity index (χ4n) is 1.16. The molecule has 1 aromatic rings. The molecule has 0 heterocycles. The van der Waals surface area contributed by atoms with Gasteiger partial charge in [0.1, 0.15) is 22.6 Å². The number of carboxylic acids is 1. The Morgan fingerprint density at radius 3 is 2.06 bits per heavy atom. The van der Waals surface area contributed by atoms with Crippen molar-refractivity contribution in [1.82, 2.24) is 5.32 Å². The number of carbonyl (C=O) groups excluding carboxylic acids is 1. The monoisotopic (exact) mass is 239 g/mol. The van der Waals surface area contributed by atoms with E-state index >= 15 is 0 Å². The molecule has 6 heteroatoms. The number of phenolic OH excluding ortho intramolecular Hbond substituents is 2. The Morgan fingerprint density at radius 2 is 1.65 bits per heavy atom. The van der Waals surface area contributed by atoms with Crippen LogP contribution in [-0.2, 0) is 4.79 Å². The number of aromatic hydroxyl groups is 2. The Morgan fingerprint density at radius 1 is 1.18 bits per heavy atom. The van der Waals surface area contributed by atoms with Gasteiger partial charge in [-0.15, -0.1) is 0 Å². The standard InChI is InChI=1S/C11H13NO5/c1-11(2,10(16)17)12-9(15)8-6(13)4-3-5-7(8)14/h3-5,13-14H,1-2H3,(H,12,15)(H,16,17). The molecule has 1 aromatic carbocycles. The molecule has 4 N–H and O–H groups in total. The molecule has 0 fully saturated rings. The maximum Gasteiger partial charge on any atom is 0.328 e. The summed E-state index contributed by atoms with van der Waals surface area (Å²) < 4.78 is 0. The molecule has 0 aliphatic heterocycles.